The largest absolute Gasteiger partial charge is 0.508 e. The highest BCUT2D eigenvalue weighted by Gasteiger charge is 2.28. The molecule has 0 atom stereocenters. The van der Waals surface area contributed by atoms with Gasteiger partial charge in [-0.2, -0.15) is 0 Å². The number of guanidine groups is 1. The Morgan fingerprint density at radius 1 is 0.962 bits per heavy atom. The van der Waals surface area contributed by atoms with Crippen LogP contribution in [0.5, 0.6) is 5.75 Å². The van der Waals surface area contributed by atoms with E-state index in [4.69, 9.17) is 4.99 Å². The molecule has 0 spiro atoms. The minimum Gasteiger partial charge on any atom is -0.508 e. The number of aromatic hydroxyl groups is 1. The van der Waals surface area contributed by atoms with Crippen LogP contribution in [0.4, 0.5) is 5.69 Å². The van der Waals surface area contributed by atoms with Gasteiger partial charge in [0.25, 0.3) is 0 Å². The lowest BCUT2D eigenvalue weighted by atomic mass is 10.0. The van der Waals surface area contributed by atoms with Crippen LogP contribution in [-0.2, 0) is 0 Å². The number of nitrogens with one attached hydrogen (secondary N) is 1. The predicted octanol–water partition coefficient (Wildman–Crippen LogP) is 3.66. The molecule has 1 saturated carbocycles. The van der Waals surface area contributed by atoms with Crippen LogP contribution in [0.25, 0.3) is 0 Å². The van der Waals surface area contributed by atoms with Crippen LogP contribution in [0.3, 0.4) is 0 Å². The van der Waals surface area contributed by atoms with Crippen molar-refractivity contribution in [2.45, 2.75) is 63.5 Å². The number of hydrogen-bond donors (Lipinski definition) is 2. The van der Waals surface area contributed by atoms with Gasteiger partial charge in [-0.15, -0.1) is 0 Å². The van der Waals surface area contributed by atoms with E-state index in [-0.39, 0.29) is 0 Å². The van der Waals surface area contributed by atoms with Crippen LogP contribution in [-0.4, -0.2) is 59.1 Å². The molecular weight excluding hydrogens is 324 g/mol. The first-order chi connectivity index (χ1) is 12.8. The lowest BCUT2D eigenvalue weighted by molar-refractivity contribution is 0.163. The highest BCUT2D eigenvalue weighted by molar-refractivity contribution is 5.94. The summed E-state index contributed by atoms with van der Waals surface area (Å²) in [6.07, 6.45) is 10.2. The standard InChI is InChI=1S/C21H32N4O/c26-20-9-5-8-18(16-20)23-21(22-17-6-1-2-7-17)25-14-10-19(11-15-25)24-12-3-4-13-24/h5,8-9,16-17,19,26H,1-4,6-7,10-15H2,(H,22,23). The number of rotatable bonds is 3. The maximum absolute atomic E-state index is 9.78. The summed E-state index contributed by atoms with van der Waals surface area (Å²) < 4.78 is 0. The van der Waals surface area contributed by atoms with E-state index in [0.29, 0.717) is 11.8 Å². The Morgan fingerprint density at radius 3 is 2.38 bits per heavy atom. The minimum atomic E-state index is 0.294. The van der Waals surface area contributed by atoms with Crippen molar-refractivity contribution >= 4 is 11.6 Å². The number of phenols is 1. The monoisotopic (exact) mass is 356 g/mol. The molecule has 0 unspecified atom stereocenters. The van der Waals surface area contributed by atoms with E-state index in [1.54, 1.807) is 12.1 Å². The fourth-order valence-corrected chi connectivity index (χ4v) is 4.66. The molecule has 4 rings (SSSR count). The van der Waals surface area contributed by atoms with Crippen LogP contribution >= 0.6 is 0 Å². The average molecular weight is 357 g/mol. The molecule has 2 N–H and O–H groups in total. The number of likely N-dealkylation sites (tertiary alicyclic amines) is 2. The molecule has 5 heteroatoms. The molecular formula is C21H32N4O. The van der Waals surface area contributed by atoms with Gasteiger partial charge in [0.15, 0.2) is 5.96 Å². The fourth-order valence-electron chi connectivity index (χ4n) is 4.66. The van der Waals surface area contributed by atoms with E-state index >= 15 is 0 Å². The highest BCUT2D eigenvalue weighted by Crippen LogP contribution is 2.25. The van der Waals surface area contributed by atoms with Crippen molar-refractivity contribution in [2.75, 3.05) is 31.5 Å². The van der Waals surface area contributed by atoms with Gasteiger partial charge in [0.1, 0.15) is 5.75 Å². The van der Waals surface area contributed by atoms with Gasteiger partial charge in [-0.05, 0) is 63.7 Å². The smallest absolute Gasteiger partial charge is 0.198 e. The Kier molecular flexibility index (Phi) is 5.63. The summed E-state index contributed by atoms with van der Waals surface area (Å²) in [5.41, 5.74) is 0.920. The lowest BCUT2D eigenvalue weighted by Crippen LogP contribution is -2.48. The fraction of sp³-hybridized carbons (Fsp3) is 0.667. The average Bonchev–Trinajstić information content (AvgIpc) is 3.36. The number of phenolic OH excluding ortho intramolecular Hbond substituents is 1. The van der Waals surface area contributed by atoms with Crippen molar-refractivity contribution in [2.24, 2.45) is 4.99 Å². The zero-order chi connectivity index (χ0) is 17.8. The molecule has 1 aliphatic carbocycles. The van der Waals surface area contributed by atoms with Gasteiger partial charge in [0.2, 0.25) is 0 Å². The van der Waals surface area contributed by atoms with E-state index in [2.05, 4.69) is 15.1 Å². The van der Waals surface area contributed by atoms with Gasteiger partial charge in [0.05, 0.1) is 6.04 Å². The molecule has 3 fully saturated rings. The Balaban J connectivity index is 1.44. The second-order valence-electron chi connectivity index (χ2n) is 8.03. The zero-order valence-electron chi connectivity index (χ0n) is 15.7. The number of piperidine rings is 1. The summed E-state index contributed by atoms with van der Waals surface area (Å²) in [5.74, 6) is 1.30. The van der Waals surface area contributed by atoms with Gasteiger partial charge >= 0.3 is 0 Å². The molecule has 26 heavy (non-hydrogen) atoms. The Labute approximate surface area is 157 Å². The molecule has 2 saturated heterocycles. The van der Waals surface area contributed by atoms with Crippen molar-refractivity contribution < 1.29 is 5.11 Å². The van der Waals surface area contributed by atoms with Crippen LogP contribution in [0.15, 0.2) is 29.3 Å². The summed E-state index contributed by atoms with van der Waals surface area (Å²) in [6.45, 7) is 4.71. The van der Waals surface area contributed by atoms with Crippen molar-refractivity contribution in [1.29, 1.82) is 0 Å². The molecule has 2 heterocycles. The molecule has 5 nitrogen and oxygen atoms in total. The van der Waals surface area contributed by atoms with Crippen LogP contribution in [0.2, 0.25) is 0 Å². The van der Waals surface area contributed by atoms with E-state index in [0.717, 1.165) is 30.8 Å². The summed E-state index contributed by atoms with van der Waals surface area (Å²) in [4.78, 5) is 10.2. The maximum Gasteiger partial charge on any atom is 0.198 e. The van der Waals surface area contributed by atoms with Gasteiger partial charge in [-0.3, -0.25) is 0 Å². The van der Waals surface area contributed by atoms with Crippen LogP contribution < -0.4 is 5.32 Å². The third-order valence-corrected chi connectivity index (χ3v) is 6.15. The number of benzene rings is 1. The van der Waals surface area contributed by atoms with Crippen LogP contribution in [0.1, 0.15) is 51.4 Å². The Hall–Kier alpha value is -1.75. The molecule has 142 valence electrons. The number of aliphatic imine (C=N–C) groups is 1. The van der Waals surface area contributed by atoms with Gasteiger partial charge < -0.3 is 20.2 Å². The minimum absolute atomic E-state index is 0.294. The second-order valence-corrected chi connectivity index (χ2v) is 8.03. The number of hydrogen-bond acceptors (Lipinski definition) is 3. The van der Waals surface area contributed by atoms with Crippen molar-refractivity contribution in [3.05, 3.63) is 24.3 Å². The van der Waals surface area contributed by atoms with E-state index in [1.807, 2.05) is 12.1 Å². The topological polar surface area (TPSA) is 51.1 Å². The Bertz CT molecular complexity index is 612. The van der Waals surface area contributed by atoms with Crippen molar-refractivity contribution in [1.82, 2.24) is 9.80 Å². The first-order valence-corrected chi connectivity index (χ1v) is 10.4. The predicted molar refractivity (Wildman–Crippen MR) is 107 cm³/mol. The Morgan fingerprint density at radius 2 is 1.69 bits per heavy atom. The summed E-state index contributed by atoms with van der Waals surface area (Å²) >= 11 is 0. The molecule has 2 aliphatic heterocycles. The van der Waals surface area contributed by atoms with Gasteiger partial charge in [-0.25, -0.2) is 4.99 Å². The normalized spacial score (nSPS) is 23.7. The molecule has 0 aromatic heterocycles. The quantitative estimate of drug-likeness (QED) is 0.641. The first kappa shape index (κ1) is 17.7. The maximum atomic E-state index is 9.78. The molecule has 0 bridgehead atoms. The highest BCUT2D eigenvalue weighted by atomic mass is 16.3. The SMILES string of the molecule is Oc1cccc(NC(=NC2CCCC2)N2CCC(N3CCCC3)CC2)c1. The van der Waals surface area contributed by atoms with E-state index in [9.17, 15) is 5.11 Å². The number of nitrogens with zero attached hydrogens (tertiary/aromatic N) is 3. The molecule has 1 aromatic rings. The first-order valence-electron chi connectivity index (χ1n) is 10.4. The van der Waals surface area contributed by atoms with Crippen molar-refractivity contribution in [3.63, 3.8) is 0 Å². The summed E-state index contributed by atoms with van der Waals surface area (Å²) in [6, 6.07) is 8.57. The lowest BCUT2D eigenvalue weighted by Gasteiger charge is -2.38. The second kappa shape index (κ2) is 8.30. The zero-order valence-corrected chi connectivity index (χ0v) is 15.7. The third-order valence-electron chi connectivity index (χ3n) is 6.15. The molecule has 0 amide bonds. The van der Waals surface area contributed by atoms with E-state index < -0.39 is 0 Å². The number of anilines is 1. The van der Waals surface area contributed by atoms with Crippen LogP contribution in [0, 0.1) is 0 Å². The molecule has 0 radical (unpaired) electrons. The summed E-state index contributed by atoms with van der Waals surface area (Å²) in [5, 5.41) is 13.3. The van der Waals surface area contributed by atoms with Gasteiger partial charge in [0, 0.05) is 30.9 Å². The third kappa shape index (κ3) is 4.32. The molecule has 3 aliphatic rings. The molecule has 1 aromatic carbocycles. The van der Waals surface area contributed by atoms with Gasteiger partial charge in [-0.1, -0.05) is 18.9 Å². The van der Waals surface area contributed by atoms with Crippen molar-refractivity contribution in [3.8, 4) is 5.75 Å². The summed E-state index contributed by atoms with van der Waals surface area (Å²) in [7, 11) is 0. The van der Waals surface area contributed by atoms with E-state index in [1.165, 1.54) is 64.5 Å².